The first kappa shape index (κ1) is 14.2. The minimum absolute atomic E-state index is 0.194. The standard InChI is InChI=1S/C16H26N2O/c1-12(2)19-16-10-6-5-9-15(16)18-14-8-4-3-7-13(14)11-17/h5-6,9-10,12-14,18H,3-4,7-8,11,17H2,1-2H3. The summed E-state index contributed by atoms with van der Waals surface area (Å²) in [6.07, 6.45) is 5.24. The molecule has 3 N–H and O–H groups in total. The Labute approximate surface area is 116 Å². The van der Waals surface area contributed by atoms with Gasteiger partial charge in [-0.25, -0.2) is 0 Å². The first-order valence-corrected chi connectivity index (χ1v) is 7.43. The van der Waals surface area contributed by atoms with Crippen molar-refractivity contribution in [1.29, 1.82) is 0 Å². The summed E-state index contributed by atoms with van der Waals surface area (Å²) >= 11 is 0. The number of anilines is 1. The Morgan fingerprint density at radius 1 is 1.26 bits per heavy atom. The summed E-state index contributed by atoms with van der Waals surface area (Å²) in [4.78, 5) is 0. The van der Waals surface area contributed by atoms with Crippen molar-refractivity contribution in [1.82, 2.24) is 0 Å². The van der Waals surface area contributed by atoms with Crippen LogP contribution in [0.5, 0.6) is 5.75 Å². The third kappa shape index (κ3) is 3.87. The molecule has 106 valence electrons. The molecule has 1 fully saturated rings. The van der Waals surface area contributed by atoms with Crippen LogP contribution in [-0.2, 0) is 0 Å². The summed E-state index contributed by atoms with van der Waals surface area (Å²) in [6.45, 7) is 4.88. The molecule has 0 saturated heterocycles. The van der Waals surface area contributed by atoms with E-state index in [1.165, 1.54) is 25.7 Å². The van der Waals surface area contributed by atoms with Gasteiger partial charge in [0.15, 0.2) is 0 Å². The number of hydrogen-bond acceptors (Lipinski definition) is 3. The van der Waals surface area contributed by atoms with Gasteiger partial charge in [-0.2, -0.15) is 0 Å². The number of nitrogens with one attached hydrogen (secondary N) is 1. The fraction of sp³-hybridized carbons (Fsp3) is 0.625. The Kier molecular flexibility index (Phi) is 5.08. The van der Waals surface area contributed by atoms with Gasteiger partial charge >= 0.3 is 0 Å². The highest BCUT2D eigenvalue weighted by Crippen LogP contribution is 2.31. The van der Waals surface area contributed by atoms with Gasteiger partial charge in [-0.05, 0) is 51.3 Å². The van der Waals surface area contributed by atoms with Gasteiger partial charge in [-0.15, -0.1) is 0 Å². The molecule has 3 heteroatoms. The number of hydrogen-bond donors (Lipinski definition) is 2. The van der Waals surface area contributed by atoms with Crippen LogP contribution in [0.3, 0.4) is 0 Å². The Morgan fingerprint density at radius 3 is 2.74 bits per heavy atom. The van der Waals surface area contributed by atoms with Crippen LogP contribution in [0.25, 0.3) is 0 Å². The Hall–Kier alpha value is -1.22. The van der Waals surface area contributed by atoms with Crippen molar-refractivity contribution in [2.24, 2.45) is 11.7 Å². The van der Waals surface area contributed by atoms with Gasteiger partial charge in [0, 0.05) is 6.04 Å². The number of rotatable bonds is 5. The fourth-order valence-electron chi connectivity index (χ4n) is 2.82. The van der Waals surface area contributed by atoms with Crippen molar-refractivity contribution in [2.45, 2.75) is 51.7 Å². The van der Waals surface area contributed by atoms with Crippen molar-refractivity contribution >= 4 is 5.69 Å². The highest BCUT2D eigenvalue weighted by Gasteiger charge is 2.24. The molecule has 0 aromatic heterocycles. The molecule has 0 spiro atoms. The molecule has 2 atom stereocenters. The molecule has 0 amide bonds. The van der Waals surface area contributed by atoms with Gasteiger partial charge in [0.25, 0.3) is 0 Å². The van der Waals surface area contributed by atoms with Crippen molar-refractivity contribution in [3.63, 3.8) is 0 Å². The average molecular weight is 262 g/mol. The molecular weight excluding hydrogens is 236 g/mol. The Bertz CT molecular complexity index is 392. The SMILES string of the molecule is CC(C)Oc1ccccc1NC1CCCCC1CN. The minimum Gasteiger partial charge on any atom is -0.489 e. The zero-order chi connectivity index (χ0) is 13.7. The summed E-state index contributed by atoms with van der Waals surface area (Å²) in [5.41, 5.74) is 6.99. The molecule has 2 rings (SSSR count). The molecule has 1 aliphatic rings. The molecule has 1 saturated carbocycles. The van der Waals surface area contributed by atoms with E-state index in [1.807, 2.05) is 12.1 Å². The van der Waals surface area contributed by atoms with Crippen molar-refractivity contribution in [3.05, 3.63) is 24.3 Å². The first-order chi connectivity index (χ1) is 9.20. The summed E-state index contributed by atoms with van der Waals surface area (Å²) < 4.78 is 5.86. The predicted molar refractivity (Wildman–Crippen MR) is 80.6 cm³/mol. The molecule has 1 aromatic carbocycles. The largest absolute Gasteiger partial charge is 0.489 e. The average Bonchev–Trinajstić information content (AvgIpc) is 2.41. The normalized spacial score (nSPS) is 23.4. The molecule has 3 nitrogen and oxygen atoms in total. The Balaban J connectivity index is 2.08. The van der Waals surface area contributed by atoms with Crippen LogP contribution in [0.15, 0.2) is 24.3 Å². The zero-order valence-electron chi connectivity index (χ0n) is 12.1. The molecule has 2 unspecified atom stereocenters. The highest BCUT2D eigenvalue weighted by atomic mass is 16.5. The van der Waals surface area contributed by atoms with Crippen molar-refractivity contribution < 1.29 is 4.74 Å². The third-order valence-corrected chi connectivity index (χ3v) is 3.80. The maximum atomic E-state index is 5.89. The number of para-hydroxylation sites is 2. The monoisotopic (exact) mass is 262 g/mol. The van der Waals surface area contributed by atoms with Crippen LogP contribution in [0.2, 0.25) is 0 Å². The van der Waals surface area contributed by atoms with Gasteiger partial charge < -0.3 is 15.8 Å². The predicted octanol–water partition coefficient (Wildman–Crippen LogP) is 3.40. The summed E-state index contributed by atoms with van der Waals surface area (Å²) in [5, 5.41) is 3.65. The Morgan fingerprint density at radius 2 is 2.00 bits per heavy atom. The topological polar surface area (TPSA) is 47.3 Å². The summed E-state index contributed by atoms with van der Waals surface area (Å²) in [7, 11) is 0. The highest BCUT2D eigenvalue weighted by molar-refractivity contribution is 5.57. The number of benzene rings is 1. The van der Waals surface area contributed by atoms with E-state index in [2.05, 4.69) is 31.3 Å². The summed E-state index contributed by atoms with van der Waals surface area (Å²) in [5.74, 6) is 1.53. The van der Waals surface area contributed by atoms with Gasteiger partial charge in [-0.1, -0.05) is 25.0 Å². The van der Waals surface area contributed by atoms with E-state index in [-0.39, 0.29) is 6.10 Å². The van der Waals surface area contributed by atoms with Gasteiger partial charge in [-0.3, -0.25) is 0 Å². The molecular formula is C16H26N2O. The van der Waals surface area contributed by atoms with Crippen LogP contribution < -0.4 is 15.8 Å². The molecule has 1 aromatic rings. The maximum Gasteiger partial charge on any atom is 0.142 e. The second-order valence-electron chi connectivity index (χ2n) is 5.69. The molecule has 19 heavy (non-hydrogen) atoms. The van der Waals surface area contributed by atoms with E-state index in [0.29, 0.717) is 12.0 Å². The van der Waals surface area contributed by atoms with Gasteiger partial charge in [0.2, 0.25) is 0 Å². The van der Waals surface area contributed by atoms with Crippen LogP contribution in [0.1, 0.15) is 39.5 Å². The van der Waals surface area contributed by atoms with E-state index in [4.69, 9.17) is 10.5 Å². The van der Waals surface area contributed by atoms with Gasteiger partial charge in [0.05, 0.1) is 11.8 Å². The molecule has 0 bridgehead atoms. The first-order valence-electron chi connectivity index (χ1n) is 7.43. The number of nitrogens with two attached hydrogens (primary N) is 1. The fourth-order valence-corrected chi connectivity index (χ4v) is 2.82. The van der Waals surface area contributed by atoms with Crippen molar-refractivity contribution in [3.8, 4) is 5.75 Å². The van der Waals surface area contributed by atoms with E-state index in [9.17, 15) is 0 Å². The molecule has 0 heterocycles. The van der Waals surface area contributed by atoms with E-state index in [0.717, 1.165) is 18.0 Å². The zero-order valence-corrected chi connectivity index (χ0v) is 12.1. The molecule has 0 radical (unpaired) electrons. The number of ether oxygens (including phenoxy) is 1. The second kappa shape index (κ2) is 6.80. The summed E-state index contributed by atoms with van der Waals surface area (Å²) in [6, 6.07) is 8.68. The quantitative estimate of drug-likeness (QED) is 0.855. The lowest BCUT2D eigenvalue weighted by molar-refractivity contribution is 0.243. The third-order valence-electron chi connectivity index (χ3n) is 3.80. The lowest BCUT2D eigenvalue weighted by Crippen LogP contribution is -2.36. The minimum atomic E-state index is 0.194. The van der Waals surface area contributed by atoms with Crippen LogP contribution in [0, 0.1) is 5.92 Å². The molecule has 0 aliphatic heterocycles. The molecule has 1 aliphatic carbocycles. The van der Waals surface area contributed by atoms with Crippen LogP contribution in [-0.4, -0.2) is 18.7 Å². The van der Waals surface area contributed by atoms with E-state index >= 15 is 0 Å². The maximum absolute atomic E-state index is 5.89. The second-order valence-corrected chi connectivity index (χ2v) is 5.69. The van der Waals surface area contributed by atoms with E-state index in [1.54, 1.807) is 0 Å². The lowest BCUT2D eigenvalue weighted by Gasteiger charge is -2.32. The van der Waals surface area contributed by atoms with Crippen LogP contribution in [0.4, 0.5) is 5.69 Å². The smallest absolute Gasteiger partial charge is 0.142 e. The van der Waals surface area contributed by atoms with Crippen LogP contribution >= 0.6 is 0 Å². The lowest BCUT2D eigenvalue weighted by atomic mass is 9.84. The van der Waals surface area contributed by atoms with E-state index < -0.39 is 0 Å². The van der Waals surface area contributed by atoms with Crippen molar-refractivity contribution in [2.75, 3.05) is 11.9 Å². The van der Waals surface area contributed by atoms with Gasteiger partial charge in [0.1, 0.15) is 5.75 Å².